The van der Waals surface area contributed by atoms with E-state index in [9.17, 15) is 8.42 Å². The molecule has 1 aromatic carbocycles. The van der Waals surface area contributed by atoms with Crippen LogP contribution in [0.3, 0.4) is 0 Å². The SMILES string of the molecule is O=S1(=O)CCC(CN=C(NCC2CCOC2)N2CCc3ccccc32)C1. The number of guanidine groups is 1. The molecule has 2 saturated heterocycles. The first kappa shape index (κ1) is 17.8. The Hall–Kier alpha value is -1.60. The molecule has 0 bridgehead atoms. The Morgan fingerprint density at radius 1 is 1.27 bits per heavy atom. The summed E-state index contributed by atoms with van der Waals surface area (Å²) in [4.78, 5) is 7.08. The van der Waals surface area contributed by atoms with E-state index in [0.717, 1.165) is 51.5 Å². The largest absolute Gasteiger partial charge is 0.381 e. The summed E-state index contributed by atoms with van der Waals surface area (Å²) in [7, 11) is -2.86. The van der Waals surface area contributed by atoms with Gasteiger partial charge in [0, 0.05) is 37.8 Å². The number of fused-ring (bicyclic) bond motifs is 1. The van der Waals surface area contributed by atoms with Gasteiger partial charge in [0.1, 0.15) is 0 Å². The van der Waals surface area contributed by atoms with Gasteiger partial charge in [0.15, 0.2) is 15.8 Å². The molecule has 6 nitrogen and oxygen atoms in total. The van der Waals surface area contributed by atoms with Gasteiger partial charge < -0.3 is 15.0 Å². The molecular weight excluding hydrogens is 350 g/mol. The summed E-state index contributed by atoms with van der Waals surface area (Å²) >= 11 is 0. The summed E-state index contributed by atoms with van der Waals surface area (Å²) in [6.45, 7) is 3.97. The van der Waals surface area contributed by atoms with E-state index >= 15 is 0 Å². The third-order valence-electron chi connectivity index (χ3n) is 5.54. The van der Waals surface area contributed by atoms with Gasteiger partial charge in [-0.25, -0.2) is 8.42 Å². The number of benzene rings is 1. The number of sulfone groups is 1. The average molecular weight is 378 g/mol. The molecule has 3 heterocycles. The van der Waals surface area contributed by atoms with E-state index in [0.29, 0.717) is 18.2 Å². The molecular formula is C19H27N3O3S. The van der Waals surface area contributed by atoms with Gasteiger partial charge >= 0.3 is 0 Å². The van der Waals surface area contributed by atoms with Crippen molar-refractivity contribution in [2.75, 3.05) is 49.3 Å². The van der Waals surface area contributed by atoms with Crippen LogP contribution < -0.4 is 10.2 Å². The Bertz CT molecular complexity index is 772. The predicted molar refractivity (Wildman–Crippen MR) is 103 cm³/mol. The van der Waals surface area contributed by atoms with Crippen LogP contribution in [0.4, 0.5) is 5.69 Å². The highest BCUT2D eigenvalue weighted by molar-refractivity contribution is 7.91. The van der Waals surface area contributed by atoms with E-state index in [2.05, 4.69) is 34.5 Å². The van der Waals surface area contributed by atoms with Crippen molar-refractivity contribution in [3.05, 3.63) is 29.8 Å². The van der Waals surface area contributed by atoms with Crippen molar-refractivity contribution in [2.24, 2.45) is 16.8 Å². The number of rotatable bonds is 4. The second-order valence-corrected chi connectivity index (χ2v) is 9.80. The Kier molecular flexibility index (Phi) is 5.18. The second kappa shape index (κ2) is 7.56. The first-order valence-electron chi connectivity index (χ1n) is 9.53. The first-order valence-corrected chi connectivity index (χ1v) is 11.3. The number of hydrogen-bond donors (Lipinski definition) is 1. The molecule has 2 unspecified atom stereocenters. The van der Waals surface area contributed by atoms with Crippen LogP contribution >= 0.6 is 0 Å². The summed E-state index contributed by atoms with van der Waals surface area (Å²) in [5.41, 5.74) is 2.55. The summed E-state index contributed by atoms with van der Waals surface area (Å²) in [5, 5.41) is 3.54. The number of aliphatic imine (C=N–C) groups is 1. The van der Waals surface area contributed by atoms with Gasteiger partial charge in [-0.1, -0.05) is 18.2 Å². The predicted octanol–water partition coefficient (Wildman–Crippen LogP) is 1.47. The number of para-hydroxylation sites is 1. The monoisotopic (exact) mass is 377 g/mol. The molecule has 2 fully saturated rings. The molecule has 1 aromatic rings. The minimum atomic E-state index is -2.86. The molecule has 1 N–H and O–H groups in total. The summed E-state index contributed by atoms with van der Waals surface area (Å²) in [6, 6.07) is 8.44. The normalized spacial score (nSPS) is 27.7. The van der Waals surface area contributed by atoms with Crippen LogP contribution in [0.2, 0.25) is 0 Å². The van der Waals surface area contributed by atoms with Crippen molar-refractivity contribution in [3.8, 4) is 0 Å². The van der Waals surface area contributed by atoms with E-state index < -0.39 is 9.84 Å². The molecule has 4 rings (SSSR count). The van der Waals surface area contributed by atoms with Gasteiger partial charge in [0.2, 0.25) is 0 Å². The smallest absolute Gasteiger partial charge is 0.198 e. The lowest BCUT2D eigenvalue weighted by Gasteiger charge is -2.24. The maximum Gasteiger partial charge on any atom is 0.198 e. The van der Waals surface area contributed by atoms with E-state index in [4.69, 9.17) is 9.73 Å². The summed E-state index contributed by atoms with van der Waals surface area (Å²) in [5.74, 6) is 2.12. The van der Waals surface area contributed by atoms with Crippen LogP contribution in [0.5, 0.6) is 0 Å². The maximum atomic E-state index is 11.7. The molecule has 3 aliphatic heterocycles. The fraction of sp³-hybridized carbons (Fsp3) is 0.632. The van der Waals surface area contributed by atoms with Crippen LogP contribution in [0.1, 0.15) is 18.4 Å². The molecule has 3 aliphatic rings. The minimum Gasteiger partial charge on any atom is -0.381 e. The van der Waals surface area contributed by atoms with Crippen LogP contribution in [-0.2, 0) is 21.0 Å². The summed E-state index contributed by atoms with van der Waals surface area (Å²) in [6.07, 6.45) is 2.82. The number of ether oxygens (including phenoxy) is 1. The second-order valence-electron chi connectivity index (χ2n) is 7.57. The number of nitrogens with zero attached hydrogens (tertiary/aromatic N) is 2. The van der Waals surface area contributed by atoms with Crippen LogP contribution in [0, 0.1) is 11.8 Å². The molecule has 0 radical (unpaired) electrons. The highest BCUT2D eigenvalue weighted by Crippen LogP contribution is 2.28. The molecule has 7 heteroatoms. The molecule has 0 aromatic heterocycles. The first-order chi connectivity index (χ1) is 12.6. The third kappa shape index (κ3) is 4.04. The van der Waals surface area contributed by atoms with E-state index in [-0.39, 0.29) is 11.7 Å². The van der Waals surface area contributed by atoms with Crippen LogP contribution in [0.25, 0.3) is 0 Å². The van der Waals surface area contributed by atoms with Crippen molar-refractivity contribution in [2.45, 2.75) is 19.3 Å². The van der Waals surface area contributed by atoms with Gasteiger partial charge in [-0.3, -0.25) is 4.99 Å². The topological polar surface area (TPSA) is 71.0 Å². The van der Waals surface area contributed by atoms with Gasteiger partial charge in [0.05, 0.1) is 18.1 Å². The minimum absolute atomic E-state index is 0.143. The average Bonchev–Trinajstić information content (AvgIpc) is 3.35. The van der Waals surface area contributed by atoms with E-state index in [1.54, 1.807) is 0 Å². The molecule has 0 amide bonds. The zero-order valence-corrected chi connectivity index (χ0v) is 15.9. The number of hydrogen-bond acceptors (Lipinski definition) is 4. The number of nitrogens with one attached hydrogen (secondary N) is 1. The zero-order valence-electron chi connectivity index (χ0n) is 15.1. The lowest BCUT2D eigenvalue weighted by Crippen LogP contribution is -2.43. The van der Waals surface area contributed by atoms with Crippen molar-refractivity contribution >= 4 is 21.5 Å². The fourth-order valence-electron chi connectivity index (χ4n) is 4.01. The lowest BCUT2D eigenvalue weighted by atomic mass is 10.1. The summed E-state index contributed by atoms with van der Waals surface area (Å²) < 4.78 is 28.9. The highest BCUT2D eigenvalue weighted by atomic mass is 32.2. The van der Waals surface area contributed by atoms with Crippen molar-refractivity contribution in [1.82, 2.24) is 5.32 Å². The molecule has 2 atom stereocenters. The fourth-order valence-corrected chi connectivity index (χ4v) is 5.86. The van der Waals surface area contributed by atoms with Gasteiger partial charge in [-0.05, 0) is 36.8 Å². The van der Waals surface area contributed by atoms with Crippen molar-refractivity contribution in [3.63, 3.8) is 0 Å². The lowest BCUT2D eigenvalue weighted by molar-refractivity contribution is 0.186. The Balaban J connectivity index is 1.48. The Morgan fingerprint density at radius 2 is 2.15 bits per heavy atom. The highest BCUT2D eigenvalue weighted by Gasteiger charge is 2.29. The molecule has 0 saturated carbocycles. The van der Waals surface area contributed by atoms with E-state index in [1.165, 1.54) is 11.3 Å². The zero-order chi connectivity index (χ0) is 18.0. The standard InChI is InChI=1S/C19H27N3O3S/c23-26(24)10-7-16(14-26)12-21-19(20-11-15-6-9-25-13-15)22-8-5-17-3-1-2-4-18(17)22/h1-4,15-16H,5-14H2,(H,20,21). The molecule has 0 spiro atoms. The van der Waals surface area contributed by atoms with Gasteiger partial charge in [0.25, 0.3) is 0 Å². The number of anilines is 1. The molecule has 0 aliphatic carbocycles. The van der Waals surface area contributed by atoms with Crippen molar-refractivity contribution in [1.29, 1.82) is 0 Å². The third-order valence-corrected chi connectivity index (χ3v) is 7.38. The van der Waals surface area contributed by atoms with Gasteiger partial charge in [-0.2, -0.15) is 0 Å². The van der Waals surface area contributed by atoms with E-state index in [1.807, 2.05) is 0 Å². The van der Waals surface area contributed by atoms with Crippen LogP contribution in [0.15, 0.2) is 29.3 Å². The Morgan fingerprint density at radius 3 is 2.92 bits per heavy atom. The molecule has 142 valence electrons. The van der Waals surface area contributed by atoms with Crippen LogP contribution in [-0.4, -0.2) is 58.7 Å². The Labute approximate surface area is 155 Å². The molecule has 26 heavy (non-hydrogen) atoms. The maximum absolute atomic E-state index is 11.7. The van der Waals surface area contributed by atoms with Gasteiger partial charge in [-0.15, -0.1) is 0 Å². The quantitative estimate of drug-likeness (QED) is 0.635. The van der Waals surface area contributed by atoms with Crippen molar-refractivity contribution < 1.29 is 13.2 Å².